The molecule has 41 heavy (non-hydrogen) atoms. The summed E-state index contributed by atoms with van der Waals surface area (Å²) in [6, 6.07) is 33.1. The minimum Gasteiger partial charge on any atom is -0.382 e. The van der Waals surface area contributed by atoms with Gasteiger partial charge in [-0.2, -0.15) is 5.10 Å². The molecule has 1 aliphatic heterocycles. The van der Waals surface area contributed by atoms with E-state index in [0.29, 0.717) is 23.6 Å². The van der Waals surface area contributed by atoms with Crippen molar-refractivity contribution in [2.24, 2.45) is 0 Å². The SMILES string of the molecule is Nc1ncnn2c([C@]3(O)O[C@@H]4C(OCc5ccccc5)[C@]4(OCc4ccccc4)[C@H]3OCc3ccccc3)ccc12. The molecule has 2 fully saturated rings. The number of ether oxygens (including phenoxy) is 4. The number of hydrogen-bond acceptors (Lipinski definition) is 8. The molecule has 5 aromatic rings. The first kappa shape index (κ1) is 25.8. The predicted octanol–water partition coefficient (Wildman–Crippen LogP) is 4.00. The van der Waals surface area contributed by atoms with Gasteiger partial charge in [-0.25, -0.2) is 9.50 Å². The number of nitrogens with two attached hydrogens (primary N) is 1. The van der Waals surface area contributed by atoms with Gasteiger partial charge in [0.25, 0.3) is 0 Å². The minimum absolute atomic E-state index is 0.228. The smallest absolute Gasteiger partial charge is 0.240 e. The highest BCUT2D eigenvalue weighted by Crippen LogP contribution is 2.62. The lowest BCUT2D eigenvalue weighted by atomic mass is 9.99. The Balaban J connectivity index is 1.27. The first-order chi connectivity index (χ1) is 20.1. The average molecular weight is 551 g/mol. The van der Waals surface area contributed by atoms with Crippen LogP contribution in [0.3, 0.4) is 0 Å². The van der Waals surface area contributed by atoms with Crippen molar-refractivity contribution >= 4 is 11.3 Å². The van der Waals surface area contributed by atoms with Gasteiger partial charge in [0.2, 0.25) is 5.79 Å². The van der Waals surface area contributed by atoms with Gasteiger partial charge in [-0.15, -0.1) is 0 Å². The Labute approximate surface area is 237 Å². The van der Waals surface area contributed by atoms with Crippen LogP contribution in [0.1, 0.15) is 22.4 Å². The molecule has 9 heteroatoms. The fourth-order valence-corrected chi connectivity index (χ4v) is 5.75. The van der Waals surface area contributed by atoms with Crippen molar-refractivity contribution in [2.75, 3.05) is 5.73 Å². The maximum absolute atomic E-state index is 12.3. The number of nitrogen functional groups attached to an aromatic ring is 1. The minimum atomic E-state index is -1.91. The van der Waals surface area contributed by atoms with Crippen LogP contribution in [-0.4, -0.2) is 43.6 Å². The average Bonchev–Trinajstić information content (AvgIpc) is 3.27. The molecule has 1 unspecified atom stereocenters. The first-order valence-corrected chi connectivity index (χ1v) is 13.6. The van der Waals surface area contributed by atoms with Crippen LogP contribution in [0.5, 0.6) is 0 Å². The van der Waals surface area contributed by atoms with Gasteiger partial charge < -0.3 is 29.8 Å². The number of fused-ring (bicyclic) bond motifs is 2. The summed E-state index contributed by atoms with van der Waals surface area (Å²) in [6.07, 6.45) is -0.680. The Hall–Kier alpha value is -4.12. The van der Waals surface area contributed by atoms with E-state index in [1.54, 1.807) is 12.1 Å². The number of nitrogens with zero attached hydrogens (tertiary/aromatic N) is 3. The molecule has 3 aromatic carbocycles. The molecule has 208 valence electrons. The monoisotopic (exact) mass is 550 g/mol. The molecular weight excluding hydrogens is 520 g/mol. The Morgan fingerprint density at radius 3 is 2.00 bits per heavy atom. The molecule has 0 amide bonds. The maximum atomic E-state index is 12.3. The van der Waals surface area contributed by atoms with Crippen LogP contribution < -0.4 is 5.73 Å². The third-order valence-corrected chi connectivity index (χ3v) is 7.84. The van der Waals surface area contributed by atoms with E-state index in [4.69, 9.17) is 24.7 Å². The predicted molar refractivity (Wildman–Crippen MR) is 150 cm³/mol. The number of anilines is 1. The molecule has 3 N–H and O–H groups in total. The van der Waals surface area contributed by atoms with E-state index >= 15 is 0 Å². The highest BCUT2D eigenvalue weighted by atomic mass is 16.7. The third-order valence-electron chi connectivity index (χ3n) is 7.84. The number of aliphatic hydroxyl groups is 1. The molecule has 5 atom stereocenters. The van der Waals surface area contributed by atoms with Crippen molar-refractivity contribution in [1.29, 1.82) is 0 Å². The van der Waals surface area contributed by atoms with Crippen molar-refractivity contribution < 1.29 is 24.1 Å². The summed E-state index contributed by atoms with van der Waals surface area (Å²) in [5.74, 6) is -1.62. The van der Waals surface area contributed by atoms with E-state index in [2.05, 4.69) is 10.1 Å². The topological polar surface area (TPSA) is 113 Å². The van der Waals surface area contributed by atoms with Crippen LogP contribution in [0.15, 0.2) is 109 Å². The molecule has 2 aromatic heterocycles. The Morgan fingerprint density at radius 1 is 0.780 bits per heavy atom. The van der Waals surface area contributed by atoms with Crippen LogP contribution in [-0.2, 0) is 44.6 Å². The highest BCUT2D eigenvalue weighted by molar-refractivity contribution is 5.65. The van der Waals surface area contributed by atoms with E-state index in [0.717, 1.165) is 16.7 Å². The summed E-state index contributed by atoms with van der Waals surface area (Å²) in [5, 5.41) is 16.7. The zero-order valence-corrected chi connectivity index (χ0v) is 22.2. The van der Waals surface area contributed by atoms with Gasteiger partial charge in [0.05, 0.1) is 19.8 Å². The number of aromatic nitrogens is 3. The largest absolute Gasteiger partial charge is 0.382 e. The fraction of sp³-hybridized carbons (Fsp3) is 0.250. The van der Waals surface area contributed by atoms with E-state index in [-0.39, 0.29) is 13.2 Å². The summed E-state index contributed by atoms with van der Waals surface area (Å²) >= 11 is 0. The second-order valence-electron chi connectivity index (χ2n) is 10.4. The molecule has 0 spiro atoms. The van der Waals surface area contributed by atoms with Gasteiger partial charge >= 0.3 is 0 Å². The quantitative estimate of drug-likeness (QED) is 0.268. The van der Waals surface area contributed by atoms with E-state index < -0.39 is 29.7 Å². The van der Waals surface area contributed by atoms with Crippen molar-refractivity contribution in [1.82, 2.24) is 14.6 Å². The Morgan fingerprint density at radius 2 is 1.37 bits per heavy atom. The summed E-state index contributed by atoms with van der Waals surface area (Å²) < 4.78 is 27.7. The zero-order chi connectivity index (χ0) is 27.9. The highest BCUT2D eigenvalue weighted by Gasteiger charge is 2.84. The second-order valence-corrected chi connectivity index (χ2v) is 10.4. The zero-order valence-electron chi connectivity index (χ0n) is 22.2. The number of hydrogen-bond donors (Lipinski definition) is 2. The molecule has 0 bridgehead atoms. The Bertz CT molecular complexity index is 1630. The second kappa shape index (κ2) is 10.4. The van der Waals surface area contributed by atoms with Gasteiger partial charge in [-0.05, 0) is 28.8 Å². The lowest BCUT2D eigenvalue weighted by molar-refractivity contribution is -0.281. The third kappa shape index (κ3) is 4.48. The van der Waals surface area contributed by atoms with Gasteiger partial charge in [0, 0.05) is 0 Å². The van der Waals surface area contributed by atoms with Crippen molar-refractivity contribution in [2.45, 2.75) is 49.5 Å². The molecule has 7 rings (SSSR count). The normalized spacial score (nSPS) is 26.7. The van der Waals surface area contributed by atoms with Crippen LogP contribution in [0.25, 0.3) is 5.52 Å². The molecule has 0 radical (unpaired) electrons. The maximum Gasteiger partial charge on any atom is 0.240 e. The summed E-state index contributed by atoms with van der Waals surface area (Å²) in [7, 11) is 0. The van der Waals surface area contributed by atoms with Gasteiger partial charge in [-0.3, -0.25) is 0 Å². The van der Waals surface area contributed by atoms with Gasteiger partial charge in [-0.1, -0.05) is 91.0 Å². The summed E-state index contributed by atoms with van der Waals surface area (Å²) in [4.78, 5) is 4.08. The first-order valence-electron chi connectivity index (χ1n) is 13.6. The molecule has 1 aliphatic carbocycles. The molecular formula is C32H30N4O5. The molecule has 9 nitrogen and oxygen atoms in total. The van der Waals surface area contributed by atoms with Crippen LogP contribution in [0, 0.1) is 0 Å². The molecule has 3 heterocycles. The number of rotatable bonds is 10. The summed E-state index contributed by atoms with van der Waals surface area (Å²) in [6.45, 7) is 0.882. The lowest BCUT2D eigenvalue weighted by Crippen LogP contribution is -2.50. The van der Waals surface area contributed by atoms with E-state index in [1.807, 2.05) is 91.0 Å². The summed E-state index contributed by atoms with van der Waals surface area (Å²) in [5.41, 5.74) is 8.90. The van der Waals surface area contributed by atoms with Gasteiger partial charge in [0.15, 0.2) is 17.5 Å². The Kier molecular flexibility index (Phi) is 6.53. The van der Waals surface area contributed by atoms with Crippen LogP contribution in [0.2, 0.25) is 0 Å². The molecule has 1 saturated heterocycles. The van der Waals surface area contributed by atoms with Crippen molar-refractivity contribution in [3.05, 3.63) is 132 Å². The van der Waals surface area contributed by atoms with Gasteiger partial charge in [0.1, 0.15) is 29.7 Å². The molecule has 2 aliphatic rings. The van der Waals surface area contributed by atoms with E-state index in [9.17, 15) is 5.11 Å². The van der Waals surface area contributed by atoms with Crippen LogP contribution >= 0.6 is 0 Å². The molecule has 1 saturated carbocycles. The lowest BCUT2D eigenvalue weighted by Gasteiger charge is -2.35. The fourth-order valence-electron chi connectivity index (χ4n) is 5.75. The van der Waals surface area contributed by atoms with Crippen molar-refractivity contribution in [3.8, 4) is 0 Å². The van der Waals surface area contributed by atoms with E-state index in [1.165, 1.54) is 10.8 Å². The standard InChI is InChI=1S/C32H30N4O5/c33-29-25-16-17-26(36(25)35-21-34-29)32(37)30(39-19-23-12-6-2-7-13-23)31(40-20-24-14-8-3-9-15-24)27(28(31)41-32)38-18-22-10-4-1-5-11-22/h1-17,21,27-28,30,37H,18-20H2,(H2,33,34,35)/t27?,28-,30-,31-,32+/m1/s1. The van der Waals surface area contributed by atoms with Crippen LogP contribution in [0.4, 0.5) is 5.82 Å². The number of benzene rings is 3. The van der Waals surface area contributed by atoms with Crippen molar-refractivity contribution in [3.63, 3.8) is 0 Å².